The average Bonchev–Trinajstić information content (AvgIpc) is 3.46. The molecule has 182 valence electrons. The first-order valence-electron chi connectivity index (χ1n) is 11.0. The molecule has 7 nitrogen and oxygen atoms in total. The smallest absolute Gasteiger partial charge is 0.250 e. The van der Waals surface area contributed by atoms with Gasteiger partial charge in [0.2, 0.25) is 19.9 Å². The third-order valence-electron chi connectivity index (χ3n) is 5.48. The summed E-state index contributed by atoms with van der Waals surface area (Å²) in [6, 6.07) is 16.9. The number of rotatable bonds is 9. The van der Waals surface area contributed by atoms with Crippen molar-refractivity contribution in [1.82, 2.24) is 9.62 Å². The molecule has 1 aliphatic heterocycles. The molecule has 0 bridgehead atoms. The van der Waals surface area contributed by atoms with Gasteiger partial charge in [-0.2, -0.15) is 0 Å². The van der Waals surface area contributed by atoms with E-state index in [4.69, 9.17) is 4.74 Å². The zero-order valence-electron chi connectivity index (χ0n) is 19.0. The maximum absolute atomic E-state index is 12.9. The molecule has 3 aromatic rings. The molecule has 0 spiro atoms. The van der Waals surface area contributed by atoms with Crippen LogP contribution in [0.1, 0.15) is 25.8 Å². The van der Waals surface area contributed by atoms with Gasteiger partial charge >= 0.3 is 0 Å². The lowest BCUT2D eigenvalue weighted by molar-refractivity contribution is 0.242. The standard InChI is InChI=1S/C24H28N2O5S3/c1-18(2)31-21-10-8-19(9-11-21)15-26-13-12-20(16-26)25-34(29,30)24-14-23(17-32-24)33(27,28)22-6-4-3-5-7-22/h3-11,14,17-18,20,25H,12-13,15-16H2,1-2H3/t20-/m1/s1. The van der Waals surface area contributed by atoms with Gasteiger partial charge in [-0.05, 0) is 56.2 Å². The minimum Gasteiger partial charge on any atom is -0.491 e. The van der Waals surface area contributed by atoms with Crippen molar-refractivity contribution in [3.05, 3.63) is 71.6 Å². The monoisotopic (exact) mass is 520 g/mol. The second-order valence-corrected chi connectivity index (χ2v) is 13.4. The number of thiophene rings is 1. The Bertz CT molecular complexity index is 1320. The number of nitrogens with one attached hydrogen (secondary N) is 1. The third kappa shape index (κ3) is 5.87. The van der Waals surface area contributed by atoms with E-state index in [2.05, 4.69) is 9.62 Å². The molecule has 0 aliphatic carbocycles. The fraction of sp³-hybridized carbons (Fsp3) is 0.333. The Morgan fingerprint density at radius 3 is 2.41 bits per heavy atom. The second kappa shape index (κ2) is 10.2. The molecule has 0 unspecified atom stereocenters. The molecule has 0 amide bonds. The van der Waals surface area contributed by atoms with Crippen molar-refractivity contribution in [2.45, 2.75) is 53.0 Å². The number of nitrogens with zero attached hydrogens (tertiary/aromatic N) is 1. The van der Waals surface area contributed by atoms with Gasteiger partial charge in [-0.3, -0.25) is 4.90 Å². The molecule has 1 atom stereocenters. The highest BCUT2D eigenvalue weighted by atomic mass is 32.2. The van der Waals surface area contributed by atoms with Crippen LogP contribution in [0.15, 0.2) is 80.0 Å². The van der Waals surface area contributed by atoms with E-state index >= 15 is 0 Å². The first-order valence-corrected chi connectivity index (χ1v) is 14.9. The summed E-state index contributed by atoms with van der Waals surface area (Å²) in [6.45, 7) is 6.05. The van der Waals surface area contributed by atoms with E-state index < -0.39 is 19.9 Å². The van der Waals surface area contributed by atoms with Crippen LogP contribution in [-0.4, -0.2) is 47.0 Å². The molecule has 0 radical (unpaired) electrons. The molecule has 34 heavy (non-hydrogen) atoms. The van der Waals surface area contributed by atoms with E-state index in [1.165, 1.54) is 23.6 Å². The SMILES string of the molecule is CC(C)Oc1ccc(CN2CC[C@@H](NS(=O)(=O)c3cc(S(=O)(=O)c4ccccc4)cs3)C2)cc1. The molecular weight excluding hydrogens is 492 g/mol. The van der Waals surface area contributed by atoms with Gasteiger partial charge in [0, 0.05) is 31.1 Å². The van der Waals surface area contributed by atoms with E-state index in [-0.39, 0.29) is 26.1 Å². The molecule has 1 fully saturated rings. The number of benzene rings is 2. The maximum Gasteiger partial charge on any atom is 0.250 e. The van der Waals surface area contributed by atoms with Crippen molar-refractivity contribution in [2.75, 3.05) is 13.1 Å². The average molecular weight is 521 g/mol. The fourth-order valence-electron chi connectivity index (χ4n) is 3.87. The van der Waals surface area contributed by atoms with Crippen LogP contribution in [0.25, 0.3) is 0 Å². The summed E-state index contributed by atoms with van der Waals surface area (Å²) in [6.07, 6.45) is 0.810. The number of ether oxygens (including phenoxy) is 1. The summed E-state index contributed by atoms with van der Waals surface area (Å²) >= 11 is 0.915. The van der Waals surface area contributed by atoms with Gasteiger partial charge in [-0.15, -0.1) is 11.3 Å². The highest BCUT2D eigenvalue weighted by Crippen LogP contribution is 2.29. The van der Waals surface area contributed by atoms with Crippen LogP contribution in [0.2, 0.25) is 0 Å². The van der Waals surface area contributed by atoms with Crippen LogP contribution < -0.4 is 9.46 Å². The van der Waals surface area contributed by atoms with Crippen LogP contribution in [-0.2, 0) is 26.4 Å². The normalized spacial score (nSPS) is 17.3. The Hall–Kier alpha value is -2.24. The third-order valence-corrected chi connectivity index (χ3v) is 10.3. The van der Waals surface area contributed by atoms with Gasteiger partial charge in [-0.1, -0.05) is 30.3 Å². The summed E-state index contributed by atoms with van der Waals surface area (Å²) in [5, 5.41) is 1.38. The Balaban J connectivity index is 1.37. The van der Waals surface area contributed by atoms with Crippen LogP contribution in [0, 0.1) is 0 Å². The first-order chi connectivity index (χ1) is 16.1. The number of hydrogen-bond acceptors (Lipinski definition) is 7. The van der Waals surface area contributed by atoms with Gasteiger partial charge in [-0.25, -0.2) is 21.6 Å². The lowest BCUT2D eigenvalue weighted by atomic mass is 10.2. The number of likely N-dealkylation sites (tertiary alicyclic amines) is 1. The minimum absolute atomic E-state index is 0.00111. The summed E-state index contributed by atoms with van der Waals surface area (Å²) in [5.41, 5.74) is 1.13. The van der Waals surface area contributed by atoms with Crippen LogP contribution >= 0.6 is 11.3 Å². The number of hydrogen-bond donors (Lipinski definition) is 1. The zero-order valence-corrected chi connectivity index (χ0v) is 21.5. The Morgan fingerprint density at radius 2 is 1.74 bits per heavy atom. The molecule has 1 aliphatic rings. The second-order valence-electron chi connectivity index (χ2n) is 8.57. The first kappa shape index (κ1) is 24.9. The van der Waals surface area contributed by atoms with Gasteiger partial charge < -0.3 is 4.74 Å². The largest absolute Gasteiger partial charge is 0.491 e. The van der Waals surface area contributed by atoms with E-state index in [1.54, 1.807) is 18.2 Å². The Kier molecular flexibility index (Phi) is 7.44. The van der Waals surface area contributed by atoms with Crippen molar-refractivity contribution in [3.63, 3.8) is 0 Å². The van der Waals surface area contributed by atoms with Gasteiger partial charge in [0.05, 0.1) is 15.9 Å². The topological polar surface area (TPSA) is 92.8 Å². The van der Waals surface area contributed by atoms with Crippen molar-refractivity contribution in [2.24, 2.45) is 0 Å². The maximum atomic E-state index is 12.9. The van der Waals surface area contributed by atoms with Crippen LogP contribution in [0.5, 0.6) is 5.75 Å². The van der Waals surface area contributed by atoms with E-state index in [9.17, 15) is 16.8 Å². The van der Waals surface area contributed by atoms with E-state index in [0.29, 0.717) is 13.0 Å². The molecule has 2 aromatic carbocycles. The predicted molar refractivity (Wildman–Crippen MR) is 132 cm³/mol. The molecule has 2 heterocycles. The van der Waals surface area contributed by atoms with Gasteiger partial charge in [0.1, 0.15) is 9.96 Å². The zero-order chi connectivity index (χ0) is 24.3. The van der Waals surface area contributed by atoms with E-state index in [1.807, 2.05) is 38.1 Å². The van der Waals surface area contributed by atoms with Crippen molar-refractivity contribution >= 4 is 31.2 Å². The van der Waals surface area contributed by atoms with Crippen molar-refractivity contribution in [3.8, 4) is 5.75 Å². The minimum atomic E-state index is -3.82. The summed E-state index contributed by atoms with van der Waals surface area (Å²) < 4.78 is 59.8. The summed E-state index contributed by atoms with van der Waals surface area (Å²) in [5.74, 6) is 0.829. The quantitative estimate of drug-likeness (QED) is 0.460. The Morgan fingerprint density at radius 1 is 1.03 bits per heavy atom. The van der Waals surface area contributed by atoms with Crippen molar-refractivity contribution < 1.29 is 21.6 Å². The highest BCUT2D eigenvalue weighted by Gasteiger charge is 2.29. The molecule has 1 aromatic heterocycles. The summed E-state index contributed by atoms with van der Waals surface area (Å²) in [4.78, 5) is 2.33. The Labute approximate surface area is 205 Å². The summed E-state index contributed by atoms with van der Waals surface area (Å²) in [7, 11) is -7.58. The van der Waals surface area contributed by atoms with Crippen molar-refractivity contribution in [1.29, 1.82) is 0 Å². The lowest BCUT2D eigenvalue weighted by Crippen LogP contribution is -2.36. The molecule has 0 saturated carbocycles. The number of sulfone groups is 1. The molecule has 4 rings (SSSR count). The molecule has 10 heteroatoms. The van der Waals surface area contributed by atoms with Gasteiger partial charge in [0.25, 0.3) is 0 Å². The molecule has 1 N–H and O–H groups in total. The molecular formula is C24H28N2O5S3. The lowest BCUT2D eigenvalue weighted by Gasteiger charge is -2.17. The highest BCUT2D eigenvalue weighted by molar-refractivity contribution is 7.93. The molecule has 1 saturated heterocycles. The fourth-order valence-corrected chi connectivity index (χ4v) is 8.05. The number of sulfonamides is 1. The van der Waals surface area contributed by atoms with Gasteiger partial charge in [0.15, 0.2) is 0 Å². The van der Waals surface area contributed by atoms with Crippen LogP contribution in [0.4, 0.5) is 0 Å². The van der Waals surface area contributed by atoms with Crippen LogP contribution in [0.3, 0.4) is 0 Å². The predicted octanol–water partition coefficient (Wildman–Crippen LogP) is 3.92. The van der Waals surface area contributed by atoms with E-state index in [0.717, 1.165) is 35.7 Å².